The van der Waals surface area contributed by atoms with Crippen LogP contribution in [0.5, 0.6) is 0 Å². The second kappa shape index (κ2) is 6.21. The van der Waals surface area contributed by atoms with Crippen LogP contribution in [-0.2, 0) is 11.3 Å². The van der Waals surface area contributed by atoms with Crippen molar-refractivity contribution >= 4 is 17.6 Å². The van der Waals surface area contributed by atoms with Crippen molar-refractivity contribution < 1.29 is 14.7 Å². The molecule has 0 aliphatic heterocycles. The van der Waals surface area contributed by atoms with E-state index in [0.717, 1.165) is 16.8 Å². The van der Waals surface area contributed by atoms with E-state index in [1.165, 1.54) is 17.1 Å². The molecule has 0 fully saturated rings. The minimum atomic E-state index is -1.03. The fraction of sp³-hybridized carbons (Fsp3) is 0.267. The lowest BCUT2D eigenvalue weighted by Gasteiger charge is -2.07. The van der Waals surface area contributed by atoms with Crippen molar-refractivity contribution in [1.82, 2.24) is 9.78 Å². The molecule has 2 aromatic rings. The maximum Gasteiger partial charge on any atom is 0.338 e. The van der Waals surface area contributed by atoms with Crippen molar-refractivity contribution in [3.63, 3.8) is 0 Å². The molecule has 1 heterocycles. The van der Waals surface area contributed by atoms with E-state index in [0.29, 0.717) is 6.54 Å². The highest BCUT2D eigenvalue weighted by Gasteiger charge is 2.08. The standard InChI is InChI=1S/C15H17N3O3/c1-10-5-11(2)7-13(6-10)17-14(19)3-4-18-9-12(8-16-18)15(20)21/h5-9H,3-4H2,1-2H3,(H,17,19)(H,20,21). The molecule has 2 N–H and O–H groups in total. The van der Waals surface area contributed by atoms with Gasteiger partial charge in [-0.2, -0.15) is 5.10 Å². The summed E-state index contributed by atoms with van der Waals surface area (Å²) in [7, 11) is 0. The summed E-state index contributed by atoms with van der Waals surface area (Å²) in [6.45, 7) is 4.28. The van der Waals surface area contributed by atoms with Gasteiger partial charge >= 0.3 is 5.97 Å². The third kappa shape index (κ3) is 4.17. The average molecular weight is 287 g/mol. The number of nitrogens with zero attached hydrogens (tertiary/aromatic N) is 2. The van der Waals surface area contributed by atoms with Crippen molar-refractivity contribution in [3.8, 4) is 0 Å². The second-order valence-electron chi connectivity index (χ2n) is 4.97. The van der Waals surface area contributed by atoms with E-state index in [4.69, 9.17) is 5.11 Å². The van der Waals surface area contributed by atoms with Gasteiger partial charge in [0.05, 0.1) is 11.8 Å². The molecule has 6 nitrogen and oxygen atoms in total. The van der Waals surface area contributed by atoms with Gasteiger partial charge < -0.3 is 10.4 Å². The third-order valence-electron chi connectivity index (χ3n) is 2.95. The third-order valence-corrected chi connectivity index (χ3v) is 2.95. The zero-order valence-corrected chi connectivity index (χ0v) is 12.0. The highest BCUT2D eigenvalue weighted by atomic mass is 16.4. The molecular weight excluding hydrogens is 270 g/mol. The van der Waals surface area contributed by atoms with E-state index in [2.05, 4.69) is 10.4 Å². The highest BCUT2D eigenvalue weighted by molar-refractivity contribution is 5.90. The van der Waals surface area contributed by atoms with Gasteiger partial charge in [0.2, 0.25) is 5.91 Å². The van der Waals surface area contributed by atoms with Gasteiger partial charge in [-0.1, -0.05) is 6.07 Å². The van der Waals surface area contributed by atoms with E-state index in [-0.39, 0.29) is 17.9 Å². The van der Waals surface area contributed by atoms with E-state index < -0.39 is 5.97 Å². The molecule has 0 atom stereocenters. The first-order valence-electron chi connectivity index (χ1n) is 6.58. The van der Waals surface area contributed by atoms with Crippen LogP contribution in [0.4, 0.5) is 5.69 Å². The van der Waals surface area contributed by atoms with Crippen molar-refractivity contribution in [1.29, 1.82) is 0 Å². The maximum absolute atomic E-state index is 11.9. The van der Waals surface area contributed by atoms with E-state index in [1.807, 2.05) is 32.0 Å². The molecule has 6 heteroatoms. The summed E-state index contributed by atoms with van der Waals surface area (Å²) in [5, 5.41) is 15.5. The van der Waals surface area contributed by atoms with Crippen LogP contribution in [0.25, 0.3) is 0 Å². The number of nitrogens with one attached hydrogen (secondary N) is 1. The maximum atomic E-state index is 11.9. The molecule has 0 radical (unpaired) electrons. The Balaban J connectivity index is 1.90. The number of aromatic nitrogens is 2. The quantitative estimate of drug-likeness (QED) is 0.883. The zero-order chi connectivity index (χ0) is 15.4. The highest BCUT2D eigenvalue weighted by Crippen LogP contribution is 2.14. The summed E-state index contributed by atoms with van der Waals surface area (Å²) in [5.74, 6) is -1.16. The van der Waals surface area contributed by atoms with Gasteiger partial charge in [-0.15, -0.1) is 0 Å². The van der Waals surface area contributed by atoms with Gasteiger partial charge in [-0.25, -0.2) is 4.79 Å². The molecule has 21 heavy (non-hydrogen) atoms. The predicted octanol–water partition coefficient (Wildman–Crippen LogP) is 2.23. The molecule has 0 aliphatic carbocycles. The number of carbonyl (C=O) groups is 2. The lowest BCUT2D eigenvalue weighted by atomic mass is 10.1. The first-order chi connectivity index (χ1) is 9.94. The second-order valence-corrected chi connectivity index (χ2v) is 4.97. The number of aryl methyl sites for hydroxylation is 3. The van der Waals surface area contributed by atoms with Gasteiger partial charge in [-0.3, -0.25) is 9.48 Å². The largest absolute Gasteiger partial charge is 0.478 e. The van der Waals surface area contributed by atoms with Crippen LogP contribution in [0.3, 0.4) is 0 Å². The molecule has 0 bridgehead atoms. The molecule has 1 aromatic heterocycles. The minimum absolute atomic E-state index is 0.115. The fourth-order valence-corrected chi connectivity index (χ4v) is 2.08. The average Bonchev–Trinajstić information content (AvgIpc) is 2.84. The van der Waals surface area contributed by atoms with Gasteiger partial charge in [0, 0.05) is 24.8 Å². The SMILES string of the molecule is Cc1cc(C)cc(NC(=O)CCn2cc(C(=O)O)cn2)c1. The Morgan fingerprint density at radius 3 is 2.48 bits per heavy atom. The summed E-state index contributed by atoms with van der Waals surface area (Å²) in [4.78, 5) is 22.6. The molecule has 0 spiro atoms. The zero-order valence-electron chi connectivity index (χ0n) is 12.0. The monoisotopic (exact) mass is 287 g/mol. The van der Waals surface area contributed by atoms with Gasteiger partial charge in [0.25, 0.3) is 0 Å². The Bertz CT molecular complexity index is 656. The van der Waals surface area contributed by atoms with Crippen LogP contribution in [0.2, 0.25) is 0 Å². The predicted molar refractivity (Wildman–Crippen MR) is 78.3 cm³/mol. The van der Waals surface area contributed by atoms with Crippen molar-refractivity contribution in [2.75, 3.05) is 5.32 Å². The summed E-state index contributed by atoms with van der Waals surface area (Å²) in [6.07, 6.45) is 2.91. The number of carboxylic acids is 1. The molecular formula is C15H17N3O3. The number of aromatic carboxylic acids is 1. The number of carboxylic acid groups (broad SMARTS) is 1. The number of benzene rings is 1. The van der Waals surface area contributed by atoms with Crippen LogP contribution in [-0.4, -0.2) is 26.8 Å². The van der Waals surface area contributed by atoms with Gasteiger partial charge in [0.1, 0.15) is 0 Å². The molecule has 0 saturated heterocycles. The molecule has 1 amide bonds. The van der Waals surface area contributed by atoms with Crippen LogP contribution in [0, 0.1) is 13.8 Å². The number of amides is 1. The van der Waals surface area contributed by atoms with Crippen LogP contribution in [0.1, 0.15) is 27.9 Å². The Morgan fingerprint density at radius 2 is 1.90 bits per heavy atom. The first kappa shape index (κ1) is 14.8. The molecule has 110 valence electrons. The summed E-state index contributed by atoms with van der Waals surface area (Å²) < 4.78 is 1.45. The van der Waals surface area contributed by atoms with Crippen LogP contribution in [0.15, 0.2) is 30.6 Å². The lowest BCUT2D eigenvalue weighted by molar-refractivity contribution is -0.116. The number of anilines is 1. The Hall–Kier alpha value is -2.63. The first-order valence-corrected chi connectivity index (χ1v) is 6.58. The fourth-order valence-electron chi connectivity index (χ4n) is 2.08. The lowest BCUT2D eigenvalue weighted by Crippen LogP contribution is -2.15. The normalized spacial score (nSPS) is 10.4. The Labute approximate surface area is 122 Å². The number of hydrogen-bond acceptors (Lipinski definition) is 3. The van der Waals surface area contributed by atoms with Crippen molar-refractivity contribution in [2.45, 2.75) is 26.8 Å². The summed E-state index contributed by atoms with van der Waals surface area (Å²) in [6, 6.07) is 5.84. The number of hydrogen-bond donors (Lipinski definition) is 2. The number of rotatable bonds is 5. The smallest absolute Gasteiger partial charge is 0.338 e. The molecule has 0 saturated carbocycles. The van der Waals surface area contributed by atoms with Gasteiger partial charge in [-0.05, 0) is 37.1 Å². The molecule has 1 aromatic carbocycles. The van der Waals surface area contributed by atoms with Crippen LogP contribution >= 0.6 is 0 Å². The van der Waals surface area contributed by atoms with Crippen molar-refractivity contribution in [3.05, 3.63) is 47.3 Å². The van der Waals surface area contributed by atoms with Gasteiger partial charge in [0.15, 0.2) is 0 Å². The summed E-state index contributed by atoms with van der Waals surface area (Å²) >= 11 is 0. The van der Waals surface area contributed by atoms with E-state index in [9.17, 15) is 9.59 Å². The van der Waals surface area contributed by atoms with E-state index >= 15 is 0 Å². The molecule has 0 aliphatic rings. The Morgan fingerprint density at radius 1 is 1.24 bits per heavy atom. The number of carbonyl (C=O) groups excluding carboxylic acids is 1. The van der Waals surface area contributed by atoms with E-state index in [1.54, 1.807) is 0 Å². The molecule has 2 rings (SSSR count). The Kier molecular flexibility index (Phi) is 4.37. The van der Waals surface area contributed by atoms with Crippen molar-refractivity contribution in [2.24, 2.45) is 0 Å². The van der Waals surface area contributed by atoms with Crippen LogP contribution < -0.4 is 5.32 Å². The summed E-state index contributed by atoms with van der Waals surface area (Å²) in [5.41, 5.74) is 3.06. The minimum Gasteiger partial charge on any atom is -0.478 e. The topological polar surface area (TPSA) is 84.2 Å². The molecule has 0 unspecified atom stereocenters.